The summed E-state index contributed by atoms with van der Waals surface area (Å²) in [4.78, 5) is 0. The Morgan fingerprint density at radius 2 is 1.72 bits per heavy atom. The molecule has 0 saturated carbocycles. The van der Waals surface area contributed by atoms with Gasteiger partial charge in [0.1, 0.15) is 5.75 Å². The van der Waals surface area contributed by atoms with Crippen LogP contribution in [0.5, 0.6) is 5.75 Å². The van der Waals surface area contributed by atoms with E-state index in [-0.39, 0.29) is 5.75 Å². The molecule has 3 rings (SSSR count). The Labute approximate surface area is 213 Å². The van der Waals surface area contributed by atoms with Crippen LogP contribution in [0.3, 0.4) is 0 Å². The van der Waals surface area contributed by atoms with E-state index < -0.39 is 6.36 Å². The number of para-hydroxylation sites is 1. The Kier molecular flexibility index (Phi) is 9.02. The largest absolute Gasteiger partial charge is 0.573 e. The molecule has 10 heteroatoms. The van der Waals surface area contributed by atoms with Crippen molar-refractivity contribution >= 4 is 40.6 Å². The van der Waals surface area contributed by atoms with Gasteiger partial charge in [0.2, 0.25) is 0 Å². The minimum atomic E-state index is -4.75. The van der Waals surface area contributed by atoms with E-state index in [0.717, 1.165) is 16.8 Å². The molecule has 0 aromatic heterocycles. The lowest BCUT2D eigenvalue weighted by molar-refractivity contribution is -0.274. The third-order valence-corrected chi connectivity index (χ3v) is 5.15. The molecule has 36 heavy (non-hydrogen) atoms. The normalized spacial score (nSPS) is 12.0. The van der Waals surface area contributed by atoms with Crippen LogP contribution in [0.1, 0.15) is 43.4 Å². The molecule has 0 unspecified atom stereocenters. The zero-order chi connectivity index (χ0) is 26.1. The number of thiocarbonyl (C=S) groups is 1. The van der Waals surface area contributed by atoms with Gasteiger partial charge in [-0.05, 0) is 66.5 Å². The van der Waals surface area contributed by atoms with E-state index in [0.29, 0.717) is 28.0 Å². The Morgan fingerprint density at radius 1 is 1.00 bits per heavy atom. The van der Waals surface area contributed by atoms with E-state index in [2.05, 4.69) is 51.0 Å². The van der Waals surface area contributed by atoms with Gasteiger partial charge in [0.25, 0.3) is 0 Å². The van der Waals surface area contributed by atoms with Crippen molar-refractivity contribution in [2.45, 2.75) is 33.1 Å². The van der Waals surface area contributed by atoms with Crippen LogP contribution >= 0.6 is 12.2 Å². The van der Waals surface area contributed by atoms with Crippen LogP contribution in [0.4, 0.5) is 24.5 Å². The Balaban J connectivity index is 1.54. The molecule has 0 amide bonds. The van der Waals surface area contributed by atoms with Crippen LogP contribution in [0.15, 0.2) is 83.0 Å². The number of benzene rings is 3. The number of rotatable bonds is 8. The molecule has 0 aliphatic carbocycles. The van der Waals surface area contributed by atoms with Crippen LogP contribution in [-0.2, 0) is 0 Å². The van der Waals surface area contributed by atoms with E-state index >= 15 is 0 Å². The molecule has 0 spiro atoms. The molecule has 3 N–H and O–H groups in total. The molecule has 0 radical (unpaired) electrons. The summed E-state index contributed by atoms with van der Waals surface area (Å²) >= 11 is 5.33. The zero-order valence-corrected chi connectivity index (χ0v) is 20.7. The minimum absolute atomic E-state index is 0.300. The van der Waals surface area contributed by atoms with Crippen LogP contribution in [0.2, 0.25) is 0 Å². The predicted molar refractivity (Wildman–Crippen MR) is 143 cm³/mol. The molecule has 0 aliphatic rings. The van der Waals surface area contributed by atoms with Gasteiger partial charge >= 0.3 is 6.36 Å². The van der Waals surface area contributed by atoms with Crippen molar-refractivity contribution in [2.75, 3.05) is 10.7 Å². The van der Waals surface area contributed by atoms with Crippen molar-refractivity contribution in [3.8, 4) is 5.75 Å². The predicted octanol–water partition coefficient (Wildman–Crippen LogP) is 6.87. The van der Waals surface area contributed by atoms with E-state index in [9.17, 15) is 13.2 Å². The van der Waals surface area contributed by atoms with Crippen LogP contribution in [0.25, 0.3) is 0 Å². The highest BCUT2D eigenvalue weighted by molar-refractivity contribution is 7.80. The number of hydrazone groups is 2. The van der Waals surface area contributed by atoms with E-state index in [1.165, 1.54) is 18.2 Å². The number of alkyl halides is 3. The van der Waals surface area contributed by atoms with Gasteiger partial charge in [-0.1, -0.05) is 56.3 Å². The first kappa shape index (κ1) is 26.7. The quantitative estimate of drug-likeness (QED) is 0.174. The van der Waals surface area contributed by atoms with Gasteiger partial charge in [-0.3, -0.25) is 10.9 Å². The van der Waals surface area contributed by atoms with E-state index in [1.54, 1.807) is 31.3 Å². The Morgan fingerprint density at radius 3 is 2.42 bits per heavy atom. The van der Waals surface area contributed by atoms with Crippen molar-refractivity contribution in [3.05, 3.63) is 89.5 Å². The second-order valence-electron chi connectivity index (χ2n) is 8.07. The lowest BCUT2D eigenvalue weighted by atomic mass is 10.0. The monoisotopic (exact) mass is 513 g/mol. The number of hydrogen-bond acceptors (Lipinski definition) is 5. The summed E-state index contributed by atoms with van der Waals surface area (Å²) in [6.45, 7) is 5.92. The smallest absolute Gasteiger partial charge is 0.406 e. The number of nitrogens with zero attached hydrogens (tertiary/aromatic N) is 2. The molecule has 188 valence electrons. The maximum absolute atomic E-state index is 12.4. The highest BCUT2D eigenvalue weighted by atomic mass is 32.1. The summed E-state index contributed by atoms with van der Waals surface area (Å²) in [6.07, 6.45) is -3.12. The average Bonchev–Trinajstić information content (AvgIpc) is 2.82. The molecule has 0 heterocycles. The fourth-order valence-electron chi connectivity index (χ4n) is 3.20. The summed E-state index contributed by atoms with van der Waals surface area (Å²) < 4.78 is 41.3. The highest BCUT2D eigenvalue weighted by Gasteiger charge is 2.31. The molecule has 0 atom stereocenters. The molecule has 0 aliphatic heterocycles. The first-order valence-electron chi connectivity index (χ1n) is 11.1. The lowest BCUT2D eigenvalue weighted by Crippen LogP contribution is -2.24. The molecule has 3 aromatic carbocycles. The lowest BCUT2D eigenvalue weighted by Gasteiger charge is -2.14. The van der Waals surface area contributed by atoms with Gasteiger partial charge in [-0.2, -0.15) is 10.2 Å². The summed E-state index contributed by atoms with van der Waals surface area (Å²) in [7, 11) is 0. The van der Waals surface area contributed by atoms with E-state index in [1.807, 2.05) is 30.3 Å². The topological polar surface area (TPSA) is 70.0 Å². The molecule has 6 nitrogen and oxygen atoms in total. The molecular weight excluding hydrogens is 487 g/mol. The second kappa shape index (κ2) is 12.2. The third-order valence-electron chi connectivity index (χ3n) is 4.96. The van der Waals surface area contributed by atoms with Crippen LogP contribution in [0, 0.1) is 0 Å². The van der Waals surface area contributed by atoms with Gasteiger partial charge in [0, 0.05) is 11.3 Å². The number of nitrogens with one attached hydrogen (secondary N) is 3. The number of anilines is 2. The third kappa shape index (κ3) is 8.38. The van der Waals surface area contributed by atoms with Crippen molar-refractivity contribution in [1.29, 1.82) is 0 Å². The van der Waals surface area contributed by atoms with Gasteiger partial charge in [0.05, 0.1) is 17.6 Å². The number of hydrogen-bond donors (Lipinski definition) is 3. The van der Waals surface area contributed by atoms with Crippen molar-refractivity contribution in [3.63, 3.8) is 0 Å². The first-order valence-corrected chi connectivity index (χ1v) is 11.5. The average molecular weight is 514 g/mol. The molecule has 0 bridgehead atoms. The Hall–Kier alpha value is -3.92. The summed E-state index contributed by atoms with van der Waals surface area (Å²) in [5.74, 6) is 0.0550. The van der Waals surface area contributed by atoms with Gasteiger partial charge in [-0.15, -0.1) is 13.2 Å². The van der Waals surface area contributed by atoms with Crippen LogP contribution in [-0.4, -0.2) is 23.4 Å². The SMILES string of the molecule is CC(=NNc1ccc(C=NNC(=S)Nc2ccccc2C(C)C)cc1)c1cccc(OC(F)(F)F)c1. The number of halogens is 3. The maximum Gasteiger partial charge on any atom is 0.573 e. The molecule has 0 fully saturated rings. The Bertz CT molecular complexity index is 1240. The van der Waals surface area contributed by atoms with Crippen molar-refractivity contribution in [2.24, 2.45) is 10.2 Å². The van der Waals surface area contributed by atoms with Crippen LogP contribution < -0.4 is 20.9 Å². The number of ether oxygens (including phenoxy) is 1. The standard InChI is InChI=1S/C26H26F3N5OS/c1-17(2)23-9-4-5-10-24(23)31-25(36)34-30-16-19-11-13-21(14-12-19)33-32-18(3)20-7-6-8-22(15-20)35-26(27,28)29/h4-17,33H,1-3H3,(H2,31,34,36). The highest BCUT2D eigenvalue weighted by Crippen LogP contribution is 2.24. The van der Waals surface area contributed by atoms with Gasteiger partial charge in [-0.25, -0.2) is 0 Å². The molecule has 3 aromatic rings. The maximum atomic E-state index is 12.4. The second-order valence-corrected chi connectivity index (χ2v) is 8.48. The van der Waals surface area contributed by atoms with Gasteiger partial charge < -0.3 is 10.1 Å². The molecular formula is C26H26F3N5OS. The van der Waals surface area contributed by atoms with Crippen molar-refractivity contribution < 1.29 is 17.9 Å². The fourth-order valence-corrected chi connectivity index (χ4v) is 3.37. The minimum Gasteiger partial charge on any atom is -0.406 e. The molecule has 0 saturated heterocycles. The summed E-state index contributed by atoms with van der Waals surface area (Å²) in [5.41, 5.74) is 10.3. The van der Waals surface area contributed by atoms with Crippen molar-refractivity contribution in [1.82, 2.24) is 5.43 Å². The zero-order valence-electron chi connectivity index (χ0n) is 19.9. The van der Waals surface area contributed by atoms with Gasteiger partial charge in [0.15, 0.2) is 5.11 Å². The first-order chi connectivity index (χ1) is 17.1. The fraction of sp³-hybridized carbons (Fsp3) is 0.192. The summed E-state index contributed by atoms with van der Waals surface area (Å²) in [6, 6.07) is 20.9. The summed E-state index contributed by atoms with van der Waals surface area (Å²) in [5, 5.41) is 11.9. The van der Waals surface area contributed by atoms with E-state index in [4.69, 9.17) is 12.2 Å².